The fourth-order valence-corrected chi connectivity index (χ4v) is 2.28. The zero-order valence-corrected chi connectivity index (χ0v) is 9.57. The molecule has 86 valence electrons. The Kier molecular flexibility index (Phi) is 3.13. The summed E-state index contributed by atoms with van der Waals surface area (Å²) in [6.07, 6.45) is 2.33. The molecular weight excluding hydrogens is 202 g/mol. The van der Waals surface area contributed by atoms with E-state index in [1.807, 2.05) is 12.1 Å². The van der Waals surface area contributed by atoms with Crippen LogP contribution in [-0.2, 0) is 17.6 Å². The number of rotatable bonds is 4. The highest BCUT2D eigenvalue weighted by molar-refractivity contribution is 5.71. The Labute approximate surface area is 95.7 Å². The molecule has 1 aliphatic rings. The second-order valence-corrected chi connectivity index (χ2v) is 4.27. The van der Waals surface area contributed by atoms with Gasteiger partial charge in [-0.3, -0.25) is 4.79 Å². The van der Waals surface area contributed by atoms with Crippen molar-refractivity contribution in [2.75, 3.05) is 18.0 Å². The molecule has 16 heavy (non-hydrogen) atoms. The normalized spacial score (nSPS) is 13.9. The summed E-state index contributed by atoms with van der Waals surface area (Å²) < 4.78 is 0. The van der Waals surface area contributed by atoms with Gasteiger partial charge in [-0.25, -0.2) is 0 Å². The zero-order valence-electron chi connectivity index (χ0n) is 9.57. The Bertz CT molecular complexity index is 399. The van der Waals surface area contributed by atoms with Crippen LogP contribution in [0.1, 0.15) is 24.5 Å². The van der Waals surface area contributed by atoms with E-state index in [0.29, 0.717) is 0 Å². The van der Waals surface area contributed by atoms with Gasteiger partial charge < -0.3 is 10.0 Å². The van der Waals surface area contributed by atoms with Gasteiger partial charge in [0.25, 0.3) is 0 Å². The molecule has 0 fully saturated rings. The second kappa shape index (κ2) is 4.56. The summed E-state index contributed by atoms with van der Waals surface area (Å²) in [5, 5.41) is 8.77. The van der Waals surface area contributed by atoms with Crippen molar-refractivity contribution < 1.29 is 9.90 Å². The van der Waals surface area contributed by atoms with E-state index >= 15 is 0 Å². The molecule has 0 saturated heterocycles. The van der Waals surface area contributed by atoms with Gasteiger partial charge in [0.05, 0.1) is 6.42 Å². The number of anilines is 1. The molecule has 1 N–H and O–H groups in total. The number of nitrogens with zero attached hydrogens (tertiary/aromatic N) is 1. The van der Waals surface area contributed by atoms with E-state index in [0.717, 1.165) is 31.5 Å². The molecule has 2 rings (SSSR count). The molecule has 0 bridgehead atoms. The van der Waals surface area contributed by atoms with Gasteiger partial charge in [-0.1, -0.05) is 19.1 Å². The standard InChI is InChI=1S/C13H17NO2/c1-2-6-14-7-5-11-4-3-10(8-12(11)14)9-13(15)16/h3-4,8H,2,5-7,9H2,1H3,(H,15,16). The molecule has 0 aromatic heterocycles. The largest absolute Gasteiger partial charge is 0.481 e. The third-order valence-electron chi connectivity index (χ3n) is 2.99. The molecule has 0 atom stereocenters. The highest BCUT2D eigenvalue weighted by Crippen LogP contribution is 2.29. The van der Waals surface area contributed by atoms with Crippen LogP contribution in [0.2, 0.25) is 0 Å². The van der Waals surface area contributed by atoms with Gasteiger partial charge in [-0.15, -0.1) is 0 Å². The molecule has 1 aromatic rings. The first-order valence-electron chi connectivity index (χ1n) is 5.79. The fraction of sp³-hybridized carbons (Fsp3) is 0.462. The van der Waals surface area contributed by atoms with E-state index in [2.05, 4.69) is 17.9 Å². The zero-order chi connectivity index (χ0) is 11.5. The average Bonchev–Trinajstić information content (AvgIpc) is 2.61. The molecule has 1 aromatic carbocycles. The third kappa shape index (κ3) is 2.18. The van der Waals surface area contributed by atoms with E-state index < -0.39 is 5.97 Å². The summed E-state index contributed by atoms with van der Waals surface area (Å²) in [6, 6.07) is 6.04. The lowest BCUT2D eigenvalue weighted by atomic mass is 10.1. The number of fused-ring (bicyclic) bond motifs is 1. The van der Waals surface area contributed by atoms with Gasteiger partial charge in [-0.05, 0) is 30.0 Å². The number of carboxylic acids is 1. The lowest BCUT2D eigenvalue weighted by Gasteiger charge is -2.18. The molecule has 0 amide bonds. The summed E-state index contributed by atoms with van der Waals surface area (Å²) in [7, 11) is 0. The van der Waals surface area contributed by atoms with Gasteiger partial charge in [0, 0.05) is 18.8 Å². The van der Waals surface area contributed by atoms with Crippen molar-refractivity contribution in [2.45, 2.75) is 26.2 Å². The van der Waals surface area contributed by atoms with Crippen molar-refractivity contribution in [1.82, 2.24) is 0 Å². The Morgan fingerprint density at radius 3 is 3.00 bits per heavy atom. The van der Waals surface area contributed by atoms with Gasteiger partial charge in [0.15, 0.2) is 0 Å². The Hall–Kier alpha value is -1.51. The van der Waals surface area contributed by atoms with E-state index in [1.165, 1.54) is 11.3 Å². The predicted molar refractivity (Wildman–Crippen MR) is 64.0 cm³/mol. The second-order valence-electron chi connectivity index (χ2n) is 4.27. The summed E-state index contributed by atoms with van der Waals surface area (Å²) in [4.78, 5) is 13.0. The van der Waals surface area contributed by atoms with E-state index in [9.17, 15) is 4.79 Å². The quantitative estimate of drug-likeness (QED) is 0.843. The third-order valence-corrected chi connectivity index (χ3v) is 2.99. The summed E-state index contributed by atoms with van der Waals surface area (Å²) >= 11 is 0. The molecule has 1 aliphatic heterocycles. The summed E-state index contributed by atoms with van der Waals surface area (Å²) in [5.74, 6) is -0.764. The van der Waals surface area contributed by atoms with Crippen molar-refractivity contribution >= 4 is 11.7 Å². The van der Waals surface area contributed by atoms with Crippen LogP contribution >= 0.6 is 0 Å². The highest BCUT2D eigenvalue weighted by Gasteiger charge is 2.18. The van der Waals surface area contributed by atoms with E-state index in [1.54, 1.807) is 0 Å². The Morgan fingerprint density at radius 2 is 2.31 bits per heavy atom. The van der Waals surface area contributed by atoms with Gasteiger partial charge in [-0.2, -0.15) is 0 Å². The van der Waals surface area contributed by atoms with Crippen molar-refractivity contribution in [2.24, 2.45) is 0 Å². The van der Waals surface area contributed by atoms with Crippen LogP contribution in [-0.4, -0.2) is 24.2 Å². The first-order valence-corrected chi connectivity index (χ1v) is 5.79. The van der Waals surface area contributed by atoms with Crippen LogP contribution in [0.25, 0.3) is 0 Å². The topological polar surface area (TPSA) is 40.5 Å². The number of carbonyl (C=O) groups is 1. The number of aliphatic carboxylic acids is 1. The average molecular weight is 219 g/mol. The van der Waals surface area contributed by atoms with Gasteiger partial charge >= 0.3 is 5.97 Å². The lowest BCUT2D eigenvalue weighted by molar-refractivity contribution is -0.136. The SMILES string of the molecule is CCCN1CCc2ccc(CC(=O)O)cc21. The number of hydrogen-bond acceptors (Lipinski definition) is 2. The minimum Gasteiger partial charge on any atom is -0.481 e. The molecule has 0 saturated carbocycles. The van der Waals surface area contributed by atoms with Crippen LogP contribution in [0.15, 0.2) is 18.2 Å². The summed E-state index contributed by atoms with van der Waals surface area (Å²) in [6.45, 7) is 4.29. The molecular formula is C13H17NO2. The van der Waals surface area contributed by atoms with Crippen molar-refractivity contribution in [3.63, 3.8) is 0 Å². The number of carboxylic acid groups (broad SMARTS) is 1. The molecule has 0 radical (unpaired) electrons. The van der Waals surface area contributed by atoms with E-state index in [-0.39, 0.29) is 6.42 Å². The van der Waals surface area contributed by atoms with Crippen LogP contribution in [0.3, 0.4) is 0 Å². The maximum atomic E-state index is 10.7. The first kappa shape index (κ1) is 11.0. The molecule has 0 aliphatic carbocycles. The van der Waals surface area contributed by atoms with Crippen LogP contribution < -0.4 is 4.90 Å². The highest BCUT2D eigenvalue weighted by atomic mass is 16.4. The van der Waals surface area contributed by atoms with E-state index in [4.69, 9.17) is 5.11 Å². The van der Waals surface area contributed by atoms with Crippen molar-refractivity contribution in [1.29, 1.82) is 0 Å². The van der Waals surface area contributed by atoms with Crippen molar-refractivity contribution in [3.8, 4) is 0 Å². The monoisotopic (exact) mass is 219 g/mol. The smallest absolute Gasteiger partial charge is 0.307 e. The molecule has 0 spiro atoms. The molecule has 3 heteroatoms. The number of hydrogen-bond donors (Lipinski definition) is 1. The fourth-order valence-electron chi connectivity index (χ4n) is 2.28. The molecule has 1 heterocycles. The summed E-state index contributed by atoms with van der Waals surface area (Å²) in [5.41, 5.74) is 3.48. The van der Waals surface area contributed by atoms with Crippen LogP contribution in [0.4, 0.5) is 5.69 Å². The van der Waals surface area contributed by atoms with Crippen LogP contribution in [0, 0.1) is 0 Å². The Morgan fingerprint density at radius 1 is 1.50 bits per heavy atom. The lowest BCUT2D eigenvalue weighted by Crippen LogP contribution is -2.21. The minimum absolute atomic E-state index is 0.118. The van der Waals surface area contributed by atoms with Crippen LogP contribution in [0.5, 0.6) is 0 Å². The number of benzene rings is 1. The Balaban J connectivity index is 2.22. The molecule has 3 nitrogen and oxygen atoms in total. The van der Waals surface area contributed by atoms with Gasteiger partial charge in [0.1, 0.15) is 0 Å². The first-order chi connectivity index (χ1) is 7.70. The maximum absolute atomic E-state index is 10.7. The predicted octanol–water partition coefficient (Wildman–Crippen LogP) is 2.09. The van der Waals surface area contributed by atoms with Crippen molar-refractivity contribution in [3.05, 3.63) is 29.3 Å². The minimum atomic E-state index is -0.764. The molecule has 0 unspecified atom stereocenters. The van der Waals surface area contributed by atoms with Gasteiger partial charge in [0.2, 0.25) is 0 Å². The maximum Gasteiger partial charge on any atom is 0.307 e.